The van der Waals surface area contributed by atoms with Gasteiger partial charge >= 0.3 is 7.60 Å². The third kappa shape index (κ3) is 2.12. The maximum atomic E-state index is 11.6. The average Bonchev–Trinajstić information content (AvgIpc) is 2.20. The molecule has 0 bridgehead atoms. The van der Waals surface area contributed by atoms with Crippen molar-refractivity contribution < 1.29 is 14.4 Å². The zero-order chi connectivity index (χ0) is 11.5. The summed E-state index contributed by atoms with van der Waals surface area (Å²) in [5.41, 5.74) is 0.663. The van der Waals surface area contributed by atoms with Crippen LogP contribution in [0.25, 0.3) is 0 Å². The SMILES string of the molecule is CCC(CC)(c1ccncc1)P(=O)(O)O. The molecule has 4 nitrogen and oxygen atoms in total. The Hall–Kier alpha value is -0.700. The van der Waals surface area contributed by atoms with Crippen LogP contribution in [0.3, 0.4) is 0 Å². The van der Waals surface area contributed by atoms with Gasteiger partial charge in [0.15, 0.2) is 0 Å². The van der Waals surface area contributed by atoms with Crippen molar-refractivity contribution in [1.29, 1.82) is 0 Å². The van der Waals surface area contributed by atoms with Gasteiger partial charge < -0.3 is 9.79 Å². The van der Waals surface area contributed by atoms with E-state index in [-0.39, 0.29) is 0 Å². The van der Waals surface area contributed by atoms with E-state index in [1.807, 2.05) is 0 Å². The van der Waals surface area contributed by atoms with Gasteiger partial charge in [0.1, 0.15) is 0 Å². The van der Waals surface area contributed by atoms with Crippen LogP contribution in [0.1, 0.15) is 32.3 Å². The fourth-order valence-corrected chi connectivity index (χ4v) is 3.21. The van der Waals surface area contributed by atoms with Crippen LogP contribution in [0.5, 0.6) is 0 Å². The Morgan fingerprint density at radius 3 is 2.07 bits per heavy atom. The molecule has 0 amide bonds. The minimum absolute atomic E-state index is 0.414. The first-order chi connectivity index (χ1) is 6.98. The van der Waals surface area contributed by atoms with Crippen molar-refractivity contribution in [3.05, 3.63) is 30.1 Å². The molecule has 0 atom stereocenters. The number of pyridine rings is 1. The summed E-state index contributed by atoms with van der Waals surface area (Å²) in [6.45, 7) is 3.59. The fraction of sp³-hybridized carbons (Fsp3) is 0.500. The summed E-state index contributed by atoms with van der Waals surface area (Å²) < 4.78 is 11.6. The van der Waals surface area contributed by atoms with Crippen molar-refractivity contribution in [2.24, 2.45) is 0 Å². The molecule has 1 heterocycles. The lowest BCUT2D eigenvalue weighted by Gasteiger charge is -2.32. The molecular formula is C10H16NO3P. The molecule has 0 aliphatic heterocycles. The van der Waals surface area contributed by atoms with E-state index in [0.717, 1.165) is 0 Å². The predicted molar refractivity (Wildman–Crippen MR) is 58.5 cm³/mol. The summed E-state index contributed by atoms with van der Waals surface area (Å²) in [7, 11) is -4.16. The van der Waals surface area contributed by atoms with Gasteiger partial charge in [-0.3, -0.25) is 9.55 Å². The van der Waals surface area contributed by atoms with E-state index >= 15 is 0 Å². The molecule has 0 fully saturated rings. The molecule has 0 saturated carbocycles. The van der Waals surface area contributed by atoms with Crippen LogP contribution in [0.2, 0.25) is 0 Å². The highest BCUT2D eigenvalue weighted by Crippen LogP contribution is 2.60. The molecule has 0 aromatic carbocycles. The van der Waals surface area contributed by atoms with E-state index in [2.05, 4.69) is 4.98 Å². The standard InChI is InChI=1S/C10H16NO3P/c1-3-10(4-2,15(12,13)14)9-5-7-11-8-6-9/h5-8H,3-4H2,1-2H3,(H2,12,13,14). The van der Waals surface area contributed by atoms with Crippen LogP contribution in [-0.4, -0.2) is 14.8 Å². The monoisotopic (exact) mass is 229 g/mol. The lowest BCUT2D eigenvalue weighted by Crippen LogP contribution is -2.24. The van der Waals surface area contributed by atoms with Crippen LogP contribution in [0.4, 0.5) is 0 Å². The Balaban J connectivity index is 3.31. The lowest BCUT2D eigenvalue weighted by atomic mass is 9.94. The van der Waals surface area contributed by atoms with Gasteiger partial charge in [0, 0.05) is 12.4 Å². The summed E-state index contributed by atoms with van der Waals surface area (Å²) in [5, 5.41) is -1.06. The third-order valence-electron chi connectivity index (χ3n) is 2.95. The van der Waals surface area contributed by atoms with E-state index in [0.29, 0.717) is 18.4 Å². The Morgan fingerprint density at radius 1 is 1.27 bits per heavy atom. The minimum Gasteiger partial charge on any atom is -0.324 e. The van der Waals surface area contributed by atoms with Gasteiger partial charge in [-0.05, 0) is 30.5 Å². The molecular weight excluding hydrogens is 213 g/mol. The Bertz CT molecular complexity index is 356. The van der Waals surface area contributed by atoms with Crippen molar-refractivity contribution in [2.75, 3.05) is 0 Å². The zero-order valence-corrected chi connectivity index (χ0v) is 9.82. The summed E-state index contributed by atoms with van der Waals surface area (Å²) >= 11 is 0. The van der Waals surface area contributed by atoms with Gasteiger partial charge in [-0.25, -0.2) is 0 Å². The Kier molecular flexibility index (Phi) is 3.66. The summed E-state index contributed by atoms with van der Waals surface area (Å²) in [6, 6.07) is 3.35. The topological polar surface area (TPSA) is 70.4 Å². The minimum atomic E-state index is -4.16. The average molecular weight is 229 g/mol. The molecule has 0 aliphatic carbocycles. The van der Waals surface area contributed by atoms with Crippen LogP contribution in [0.15, 0.2) is 24.5 Å². The van der Waals surface area contributed by atoms with Gasteiger partial charge in [-0.2, -0.15) is 0 Å². The van der Waals surface area contributed by atoms with E-state index < -0.39 is 12.8 Å². The summed E-state index contributed by atoms with van der Waals surface area (Å²) in [5.74, 6) is 0. The molecule has 1 aromatic rings. The molecule has 0 saturated heterocycles. The van der Waals surface area contributed by atoms with Gasteiger partial charge in [-0.15, -0.1) is 0 Å². The van der Waals surface area contributed by atoms with Crippen LogP contribution >= 0.6 is 7.60 Å². The molecule has 0 radical (unpaired) electrons. The Labute approximate surface area is 89.5 Å². The molecule has 2 N–H and O–H groups in total. The van der Waals surface area contributed by atoms with Gasteiger partial charge in [0.2, 0.25) is 0 Å². The van der Waals surface area contributed by atoms with Crippen molar-refractivity contribution in [3.8, 4) is 0 Å². The maximum Gasteiger partial charge on any atom is 0.335 e. The number of rotatable bonds is 4. The first-order valence-corrected chi connectivity index (χ1v) is 6.55. The number of aromatic nitrogens is 1. The molecule has 5 heteroatoms. The maximum absolute atomic E-state index is 11.6. The van der Waals surface area contributed by atoms with E-state index in [1.165, 1.54) is 0 Å². The smallest absolute Gasteiger partial charge is 0.324 e. The first kappa shape index (κ1) is 12.4. The second-order valence-corrected chi connectivity index (χ2v) is 5.46. The van der Waals surface area contributed by atoms with Crippen LogP contribution in [-0.2, 0) is 9.72 Å². The number of hydrogen-bond acceptors (Lipinski definition) is 2. The first-order valence-electron chi connectivity index (χ1n) is 4.94. The second kappa shape index (κ2) is 4.44. The molecule has 84 valence electrons. The highest BCUT2D eigenvalue weighted by Gasteiger charge is 2.45. The van der Waals surface area contributed by atoms with Gasteiger partial charge in [-0.1, -0.05) is 13.8 Å². The van der Waals surface area contributed by atoms with Crippen LogP contribution < -0.4 is 0 Å². The van der Waals surface area contributed by atoms with Gasteiger partial charge in [0.05, 0.1) is 5.16 Å². The van der Waals surface area contributed by atoms with E-state index in [1.54, 1.807) is 38.4 Å². The summed E-state index contributed by atoms with van der Waals surface area (Å²) in [4.78, 5) is 22.8. The number of hydrogen-bond donors (Lipinski definition) is 2. The molecule has 0 unspecified atom stereocenters. The molecule has 0 spiro atoms. The van der Waals surface area contributed by atoms with Crippen molar-refractivity contribution in [1.82, 2.24) is 4.98 Å². The lowest BCUT2D eigenvalue weighted by molar-refractivity contribution is 0.315. The molecule has 15 heavy (non-hydrogen) atoms. The van der Waals surface area contributed by atoms with Crippen molar-refractivity contribution >= 4 is 7.60 Å². The van der Waals surface area contributed by atoms with Crippen molar-refractivity contribution in [3.63, 3.8) is 0 Å². The van der Waals surface area contributed by atoms with E-state index in [9.17, 15) is 14.4 Å². The summed E-state index contributed by atoms with van der Waals surface area (Å²) in [6.07, 6.45) is 3.95. The normalized spacial score (nSPS) is 12.8. The zero-order valence-electron chi connectivity index (χ0n) is 8.92. The third-order valence-corrected chi connectivity index (χ3v) is 4.95. The van der Waals surface area contributed by atoms with E-state index in [4.69, 9.17) is 0 Å². The fourth-order valence-electron chi connectivity index (χ4n) is 1.90. The van der Waals surface area contributed by atoms with Gasteiger partial charge in [0.25, 0.3) is 0 Å². The number of nitrogens with zero attached hydrogens (tertiary/aromatic N) is 1. The highest BCUT2D eigenvalue weighted by molar-refractivity contribution is 7.53. The second-order valence-electron chi connectivity index (χ2n) is 3.52. The molecule has 1 rings (SSSR count). The molecule has 1 aromatic heterocycles. The Morgan fingerprint density at radius 2 is 1.73 bits per heavy atom. The molecule has 0 aliphatic rings. The quantitative estimate of drug-likeness (QED) is 0.777. The largest absolute Gasteiger partial charge is 0.335 e. The van der Waals surface area contributed by atoms with Crippen LogP contribution in [0, 0.1) is 0 Å². The van der Waals surface area contributed by atoms with Crippen molar-refractivity contribution in [2.45, 2.75) is 31.8 Å². The predicted octanol–water partition coefficient (Wildman–Crippen LogP) is 2.27. The highest BCUT2D eigenvalue weighted by atomic mass is 31.2.